The molecule has 0 spiro atoms. The van der Waals surface area contributed by atoms with Crippen LogP contribution >= 0.6 is 11.6 Å². The lowest BCUT2D eigenvalue weighted by atomic mass is 9.60. The number of Topliss-reactive ketones (excluding diaryl/α,β-unsaturated/α-hetero) is 1. The maximum atomic E-state index is 13.1. The highest BCUT2D eigenvalue weighted by Gasteiger charge is 2.46. The third-order valence-corrected chi connectivity index (χ3v) is 4.61. The van der Waals surface area contributed by atoms with Crippen LogP contribution in [0.1, 0.15) is 35.2 Å². The Kier molecular flexibility index (Phi) is 3.73. The van der Waals surface area contributed by atoms with Gasteiger partial charge in [-0.3, -0.25) is 4.79 Å². The van der Waals surface area contributed by atoms with Crippen LogP contribution in [0.5, 0.6) is 5.75 Å². The molecule has 108 valence electrons. The van der Waals surface area contributed by atoms with E-state index in [1.165, 1.54) is 0 Å². The fraction of sp³-hybridized carbons (Fsp3) is 0.278. The lowest BCUT2D eigenvalue weighted by molar-refractivity contribution is 0.0785. The SMILES string of the molecule is COc1ccc(Cl)cc1C(=O)C1(c2ccccc2)CCC1. The molecule has 1 aliphatic carbocycles. The van der Waals surface area contributed by atoms with Crippen molar-refractivity contribution >= 4 is 17.4 Å². The minimum absolute atomic E-state index is 0.110. The summed E-state index contributed by atoms with van der Waals surface area (Å²) < 4.78 is 5.34. The molecule has 2 aromatic carbocycles. The number of ketones is 1. The maximum absolute atomic E-state index is 13.1. The smallest absolute Gasteiger partial charge is 0.177 e. The number of halogens is 1. The minimum atomic E-state index is -0.417. The van der Waals surface area contributed by atoms with Gasteiger partial charge in [0.15, 0.2) is 5.78 Å². The molecule has 1 fully saturated rings. The van der Waals surface area contributed by atoms with E-state index in [1.807, 2.05) is 30.3 Å². The van der Waals surface area contributed by atoms with Crippen LogP contribution in [0.2, 0.25) is 5.02 Å². The van der Waals surface area contributed by atoms with Crippen LogP contribution in [0.3, 0.4) is 0 Å². The van der Waals surface area contributed by atoms with Crippen LogP contribution in [0.4, 0.5) is 0 Å². The third kappa shape index (κ3) is 2.34. The molecule has 0 radical (unpaired) electrons. The Morgan fingerprint density at radius 1 is 1.14 bits per heavy atom. The summed E-state index contributed by atoms with van der Waals surface area (Å²) in [5.41, 5.74) is 1.25. The molecule has 1 aliphatic rings. The lowest BCUT2D eigenvalue weighted by Crippen LogP contribution is -2.42. The molecule has 3 rings (SSSR count). The Bertz CT molecular complexity index is 660. The summed E-state index contributed by atoms with van der Waals surface area (Å²) in [5.74, 6) is 0.700. The first-order valence-corrected chi connectivity index (χ1v) is 7.49. The Labute approximate surface area is 129 Å². The Morgan fingerprint density at radius 3 is 2.43 bits per heavy atom. The van der Waals surface area contributed by atoms with Gasteiger partial charge >= 0.3 is 0 Å². The van der Waals surface area contributed by atoms with E-state index in [2.05, 4.69) is 0 Å². The standard InChI is InChI=1S/C18H17ClO2/c1-21-16-9-8-14(19)12-15(16)17(20)18(10-5-11-18)13-6-3-2-4-7-13/h2-4,6-9,12H,5,10-11H2,1H3. The van der Waals surface area contributed by atoms with Crippen LogP contribution in [0.15, 0.2) is 48.5 Å². The van der Waals surface area contributed by atoms with E-state index in [0.717, 1.165) is 24.8 Å². The van der Waals surface area contributed by atoms with E-state index in [1.54, 1.807) is 25.3 Å². The van der Waals surface area contributed by atoms with Crippen LogP contribution in [-0.4, -0.2) is 12.9 Å². The summed E-state index contributed by atoms with van der Waals surface area (Å²) in [6, 6.07) is 15.2. The normalized spacial score (nSPS) is 16.1. The van der Waals surface area contributed by atoms with E-state index in [4.69, 9.17) is 16.3 Å². The molecule has 0 amide bonds. The summed E-state index contributed by atoms with van der Waals surface area (Å²) in [6.07, 6.45) is 2.83. The average molecular weight is 301 g/mol. The van der Waals surface area contributed by atoms with Gasteiger partial charge in [-0.25, -0.2) is 0 Å². The zero-order valence-corrected chi connectivity index (χ0v) is 12.7. The average Bonchev–Trinajstić information content (AvgIpc) is 2.47. The van der Waals surface area contributed by atoms with Crippen molar-refractivity contribution in [1.82, 2.24) is 0 Å². The highest BCUT2D eigenvalue weighted by molar-refractivity contribution is 6.31. The zero-order valence-electron chi connectivity index (χ0n) is 11.9. The number of benzene rings is 2. The summed E-state index contributed by atoms with van der Waals surface area (Å²) in [4.78, 5) is 13.1. The first-order valence-electron chi connectivity index (χ1n) is 7.11. The van der Waals surface area contributed by atoms with Gasteiger partial charge in [-0.1, -0.05) is 48.4 Å². The molecule has 2 nitrogen and oxygen atoms in total. The van der Waals surface area contributed by atoms with Gasteiger partial charge in [-0.2, -0.15) is 0 Å². The molecule has 0 unspecified atom stereocenters. The van der Waals surface area contributed by atoms with Crippen LogP contribution in [0, 0.1) is 0 Å². The second-order valence-electron chi connectivity index (χ2n) is 5.48. The molecule has 0 saturated heterocycles. The quantitative estimate of drug-likeness (QED) is 0.768. The summed E-state index contributed by atoms with van der Waals surface area (Å²) >= 11 is 6.07. The molecule has 0 heterocycles. The number of rotatable bonds is 4. The van der Waals surface area contributed by atoms with Gasteiger partial charge in [-0.15, -0.1) is 0 Å². The van der Waals surface area contributed by atoms with Crippen LogP contribution < -0.4 is 4.74 Å². The van der Waals surface area contributed by atoms with Gasteiger partial charge < -0.3 is 4.74 Å². The van der Waals surface area contributed by atoms with Crippen molar-refractivity contribution in [3.8, 4) is 5.75 Å². The lowest BCUT2D eigenvalue weighted by Gasteiger charge is -2.41. The number of carbonyl (C=O) groups excluding carboxylic acids is 1. The molecule has 21 heavy (non-hydrogen) atoms. The van der Waals surface area contributed by atoms with Crippen molar-refractivity contribution in [2.24, 2.45) is 0 Å². The monoisotopic (exact) mass is 300 g/mol. The first-order chi connectivity index (χ1) is 10.2. The third-order valence-electron chi connectivity index (χ3n) is 4.37. The van der Waals surface area contributed by atoms with Gasteiger partial charge in [0, 0.05) is 5.02 Å². The van der Waals surface area contributed by atoms with Gasteiger partial charge in [0.25, 0.3) is 0 Å². The van der Waals surface area contributed by atoms with Crippen LogP contribution in [-0.2, 0) is 5.41 Å². The van der Waals surface area contributed by atoms with Gasteiger partial charge in [0.2, 0.25) is 0 Å². The molecule has 2 aromatic rings. The second-order valence-corrected chi connectivity index (χ2v) is 5.91. The Morgan fingerprint density at radius 2 is 1.86 bits per heavy atom. The summed E-state index contributed by atoms with van der Waals surface area (Å²) in [7, 11) is 1.58. The predicted molar refractivity (Wildman–Crippen MR) is 84.3 cm³/mol. The largest absolute Gasteiger partial charge is 0.496 e. The first kappa shape index (κ1) is 14.2. The van der Waals surface area contributed by atoms with E-state index < -0.39 is 5.41 Å². The minimum Gasteiger partial charge on any atom is -0.496 e. The zero-order chi connectivity index (χ0) is 14.9. The number of methoxy groups -OCH3 is 1. The van der Waals surface area contributed by atoms with Crippen molar-refractivity contribution < 1.29 is 9.53 Å². The maximum Gasteiger partial charge on any atom is 0.177 e. The number of hydrogen-bond acceptors (Lipinski definition) is 2. The fourth-order valence-corrected chi connectivity index (χ4v) is 3.22. The molecule has 0 bridgehead atoms. The van der Waals surface area contributed by atoms with Gasteiger partial charge in [0.05, 0.1) is 18.1 Å². The van der Waals surface area contributed by atoms with Gasteiger partial charge in [0.1, 0.15) is 5.75 Å². The molecule has 3 heteroatoms. The molecule has 0 aliphatic heterocycles. The second kappa shape index (κ2) is 5.53. The van der Waals surface area contributed by atoms with Crippen molar-refractivity contribution in [2.75, 3.05) is 7.11 Å². The summed E-state index contributed by atoms with van der Waals surface area (Å²) in [5, 5.41) is 0.557. The molecule has 0 N–H and O–H groups in total. The van der Waals surface area contributed by atoms with Crippen molar-refractivity contribution in [3.63, 3.8) is 0 Å². The van der Waals surface area contributed by atoms with Crippen molar-refractivity contribution in [3.05, 3.63) is 64.7 Å². The Hall–Kier alpha value is -1.80. The number of hydrogen-bond donors (Lipinski definition) is 0. The van der Waals surface area contributed by atoms with E-state index in [-0.39, 0.29) is 5.78 Å². The molecule has 0 aromatic heterocycles. The molecule has 1 saturated carbocycles. The Balaban J connectivity index is 2.07. The van der Waals surface area contributed by atoms with Crippen molar-refractivity contribution in [1.29, 1.82) is 0 Å². The predicted octanol–water partition coefficient (Wildman–Crippen LogP) is 4.65. The van der Waals surface area contributed by atoms with Gasteiger partial charge in [-0.05, 0) is 36.6 Å². The molecular formula is C18H17ClO2. The molecular weight excluding hydrogens is 284 g/mol. The highest BCUT2D eigenvalue weighted by Crippen LogP contribution is 2.47. The van der Waals surface area contributed by atoms with Crippen LogP contribution in [0.25, 0.3) is 0 Å². The number of carbonyl (C=O) groups is 1. The highest BCUT2D eigenvalue weighted by atomic mass is 35.5. The fourth-order valence-electron chi connectivity index (χ4n) is 3.05. The summed E-state index contributed by atoms with van der Waals surface area (Å²) in [6.45, 7) is 0. The van der Waals surface area contributed by atoms with E-state index >= 15 is 0 Å². The number of ether oxygens (including phenoxy) is 1. The van der Waals surface area contributed by atoms with Crippen molar-refractivity contribution in [2.45, 2.75) is 24.7 Å². The van der Waals surface area contributed by atoms with E-state index in [0.29, 0.717) is 16.3 Å². The topological polar surface area (TPSA) is 26.3 Å². The molecule has 0 atom stereocenters. The van der Waals surface area contributed by atoms with E-state index in [9.17, 15) is 4.79 Å².